The summed E-state index contributed by atoms with van der Waals surface area (Å²) in [6.07, 6.45) is 10.2. The molecule has 110 valence electrons. The number of nitrogens with one attached hydrogen (secondary N) is 2. The average molecular weight is 268 g/mol. The maximum Gasteiger partial charge on any atom is 0.237 e. The lowest BCUT2D eigenvalue weighted by Crippen LogP contribution is -2.55. The van der Waals surface area contributed by atoms with E-state index in [1.54, 1.807) is 0 Å². The van der Waals surface area contributed by atoms with Crippen LogP contribution >= 0.6 is 0 Å². The summed E-state index contributed by atoms with van der Waals surface area (Å²) in [5, 5.41) is 15.3. The molecule has 0 bridgehead atoms. The highest BCUT2D eigenvalue weighted by atomic mass is 16.2. The molecule has 4 nitrogen and oxygen atoms in total. The molecule has 0 aromatic heterocycles. The van der Waals surface area contributed by atoms with E-state index in [-0.39, 0.29) is 18.6 Å². The molecule has 1 heterocycles. The number of aliphatic hydroxyl groups is 1. The van der Waals surface area contributed by atoms with Crippen LogP contribution in [0, 0.1) is 5.92 Å². The van der Waals surface area contributed by atoms with Gasteiger partial charge in [-0.3, -0.25) is 4.79 Å². The summed E-state index contributed by atoms with van der Waals surface area (Å²) in [5.74, 6) is 0.982. The van der Waals surface area contributed by atoms with Crippen LogP contribution in [0.15, 0.2) is 0 Å². The first-order chi connectivity index (χ1) is 9.31. The van der Waals surface area contributed by atoms with Crippen LogP contribution in [0.4, 0.5) is 0 Å². The number of unbranched alkanes of at least 4 members (excludes halogenated alkanes) is 2. The molecule has 2 aliphatic rings. The third-order valence-electron chi connectivity index (χ3n) is 4.60. The van der Waals surface area contributed by atoms with Crippen LogP contribution in [-0.2, 0) is 4.79 Å². The summed E-state index contributed by atoms with van der Waals surface area (Å²) < 4.78 is 0. The maximum atomic E-state index is 12.1. The molecule has 1 saturated heterocycles. The average Bonchev–Trinajstić information content (AvgIpc) is 2.46. The van der Waals surface area contributed by atoms with Crippen molar-refractivity contribution in [1.82, 2.24) is 10.6 Å². The molecule has 4 heteroatoms. The van der Waals surface area contributed by atoms with Crippen molar-refractivity contribution in [3.8, 4) is 0 Å². The Kier molecular flexibility index (Phi) is 6.11. The highest BCUT2D eigenvalue weighted by molar-refractivity contribution is 5.81. The largest absolute Gasteiger partial charge is 0.396 e. The van der Waals surface area contributed by atoms with Gasteiger partial charge in [-0.05, 0) is 50.9 Å². The number of piperidine rings is 1. The van der Waals surface area contributed by atoms with Crippen LogP contribution in [0.25, 0.3) is 0 Å². The molecule has 1 aliphatic heterocycles. The number of amides is 1. The van der Waals surface area contributed by atoms with Crippen molar-refractivity contribution >= 4 is 5.91 Å². The molecule has 1 aliphatic carbocycles. The Hall–Kier alpha value is -0.610. The lowest BCUT2D eigenvalue weighted by Gasteiger charge is -2.39. The first kappa shape index (κ1) is 14.8. The van der Waals surface area contributed by atoms with Crippen molar-refractivity contribution in [2.24, 2.45) is 5.92 Å². The van der Waals surface area contributed by atoms with E-state index < -0.39 is 0 Å². The van der Waals surface area contributed by atoms with Gasteiger partial charge in [0.05, 0.1) is 6.04 Å². The maximum absolute atomic E-state index is 12.1. The Morgan fingerprint density at radius 3 is 2.79 bits per heavy atom. The van der Waals surface area contributed by atoms with Crippen molar-refractivity contribution < 1.29 is 9.90 Å². The van der Waals surface area contributed by atoms with Crippen molar-refractivity contribution in [1.29, 1.82) is 0 Å². The Morgan fingerprint density at radius 1 is 1.11 bits per heavy atom. The molecule has 3 N–H and O–H groups in total. The van der Waals surface area contributed by atoms with Gasteiger partial charge in [-0.2, -0.15) is 0 Å². The number of aliphatic hydroxyl groups excluding tert-OH is 1. The first-order valence-electron chi connectivity index (χ1n) is 7.96. The van der Waals surface area contributed by atoms with Gasteiger partial charge in [0.2, 0.25) is 5.91 Å². The van der Waals surface area contributed by atoms with Crippen LogP contribution in [0.2, 0.25) is 0 Å². The first-order valence-corrected chi connectivity index (χ1v) is 7.96. The third-order valence-corrected chi connectivity index (χ3v) is 4.60. The standard InChI is InChI=1S/C15H28N2O2/c18-11-5-1-4-10-16-15(19)14-9-8-12-6-2-3-7-13(12)17-14/h12-14,17-18H,1-11H2,(H,16,19). The summed E-state index contributed by atoms with van der Waals surface area (Å²) >= 11 is 0. The molecule has 2 rings (SSSR count). The number of hydrogen-bond acceptors (Lipinski definition) is 3. The van der Waals surface area contributed by atoms with Crippen LogP contribution in [0.3, 0.4) is 0 Å². The number of hydrogen-bond donors (Lipinski definition) is 3. The minimum atomic E-state index is 0.0252. The van der Waals surface area contributed by atoms with Gasteiger partial charge in [0.25, 0.3) is 0 Å². The molecule has 1 amide bonds. The Balaban J connectivity index is 1.65. The fraction of sp³-hybridized carbons (Fsp3) is 0.933. The van der Waals surface area contributed by atoms with Crippen LogP contribution in [-0.4, -0.2) is 36.2 Å². The molecular weight excluding hydrogens is 240 g/mol. The van der Waals surface area contributed by atoms with E-state index in [9.17, 15) is 4.79 Å². The highest BCUT2D eigenvalue weighted by Gasteiger charge is 2.34. The number of carbonyl (C=O) groups is 1. The predicted molar refractivity (Wildman–Crippen MR) is 75.9 cm³/mol. The van der Waals surface area contributed by atoms with Gasteiger partial charge in [0, 0.05) is 19.2 Å². The van der Waals surface area contributed by atoms with Crippen LogP contribution in [0.5, 0.6) is 0 Å². The minimum absolute atomic E-state index is 0.0252. The molecule has 0 radical (unpaired) electrons. The van der Waals surface area contributed by atoms with E-state index in [1.165, 1.54) is 32.1 Å². The van der Waals surface area contributed by atoms with Crippen molar-refractivity contribution in [3.63, 3.8) is 0 Å². The van der Waals surface area contributed by atoms with Crippen molar-refractivity contribution in [2.75, 3.05) is 13.2 Å². The van der Waals surface area contributed by atoms with Crippen molar-refractivity contribution in [2.45, 2.75) is 69.9 Å². The Labute approximate surface area is 116 Å². The minimum Gasteiger partial charge on any atom is -0.396 e. The lowest BCUT2D eigenvalue weighted by molar-refractivity contribution is -0.124. The summed E-state index contributed by atoms with van der Waals surface area (Å²) in [5.41, 5.74) is 0. The second-order valence-electron chi connectivity index (χ2n) is 6.02. The number of rotatable bonds is 6. The quantitative estimate of drug-likeness (QED) is 0.641. The Bertz CT molecular complexity index is 283. The van der Waals surface area contributed by atoms with E-state index in [0.717, 1.165) is 38.1 Å². The fourth-order valence-electron chi connectivity index (χ4n) is 3.45. The molecule has 0 aromatic carbocycles. The normalized spacial score (nSPS) is 30.7. The zero-order valence-corrected chi connectivity index (χ0v) is 11.9. The summed E-state index contributed by atoms with van der Waals surface area (Å²) in [4.78, 5) is 12.1. The predicted octanol–water partition coefficient (Wildman–Crippen LogP) is 1.58. The van der Waals surface area contributed by atoms with Gasteiger partial charge in [-0.15, -0.1) is 0 Å². The Morgan fingerprint density at radius 2 is 1.95 bits per heavy atom. The molecular formula is C15H28N2O2. The molecule has 0 aromatic rings. The van der Waals surface area contributed by atoms with Crippen LogP contribution < -0.4 is 10.6 Å². The third kappa shape index (κ3) is 4.46. The number of fused-ring (bicyclic) bond motifs is 1. The summed E-state index contributed by atoms with van der Waals surface area (Å²) in [7, 11) is 0. The van der Waals surface area contributed by atoms with E-state index in [0.29, 0.717) is 6.04 Å². The number of carbonyl (C=O) groups excluding carboxylic acids is 1. The zero-order chi connectivity index (χ0) is 13.5. The monoisotopic (exact) mass is 268 g/mol. The molecule has 19 heavy (non-hydrogen) atoms. The molecule has 2 fully saturated rings. The topological polar surface area (TPSA) is 61.4 Å². The SMILES string of the molecule is O=C(NCCCCCO)C1CCC2CCCCC2N1. The molecule has 0 spiro atoms. The van der Waals surface area contributed by atoms with Gasteiger partial charge < -0.3 is 15.7 Å². The molecule has 3 atom stereocenters. The van der Waals surface area contributed by atoms with Crippen molar-refractivity contribution in [3.05, 3.63) is 0 Å². The highest BCUT2D eigenvalue weighted by Crippen LogP contribution is 2.32. The van der Waals surface area contributed by atoms with E-state index >= 15 is 0 Å². The van der Waals surface area contributed by atoms with Gasteiger partial charge in [-0.1, -0.05) is 12.8 Å². The second-order valence-corrected chi connectivity index (χ2v) is 6.02. The molecule has 3 unspecified atom stereocenters. The summed E-state index contributed by atoms with van der Waals surface area (Å²) in [6.45, 7) is 0.992. The smallest absolute Gasteiger partial charge is 0.237 e. The molecule has 1 saturated carbocycles. The second kappa shape index (κ2) is 7.85. The van der Waals surface area contributed by atoms with Gasteiger partial charge in [-0.25, -0.2) is 0 Å². The van der Waals surface area contributed by atoms with Gasteiger partial charge in [0.15, 0.2) is 0 Å². The zero-order valence-electron chi connectivity index (χ0n) is 11.9. The van der Waals surface area contributed by atoms with E-state index in [4.69, 9.17) is 5.11 Å². The van der Waals surface area contributed by atoms with Gasteiger partial charge in [0.1, 0.15) is 0 Å². The van der Waals surface area contributed by atoms with E-state index in [1.807, 2.05) is 0 Å². The lowest BCUT2D eigenvalue weighted by atomic mass is 9.77. The summed E-state index contributed by atoms with van der Waals surface area (Å²) in [6, 6.07) is 0.602. The van der Waals surface area contributed by atoms with Gasteiger partial charge >= 0.3 is 0 Å². The van der Waals surface area contributed by atoms with Crippen LogP contribution in [0.1, 0.15) is 57.8 Å². The fourth-order valence-corrected chi connectivity index (χ4v) is 3.45. The van der Waals surface area contributed by atoms with E-state index in [2.05, 4.69) is 10.6 Å².